The second kappa shape index (κ2) is 9.35. The monoisotopic (exact) mass is 446 g/mol. The molecule has 31 heavy (non-hydrogen) atoms. The van der Waals surface area contributed by atoms with Crippen LogP contribution in [0.25, 0.3) is 5.78 Å². The highest BCUT2D eigenvalue weighted by molar-refractivity contribution is 7.98. The topological polar surface area (TPSA) is 124 Å². The fourth-order valence-electron chi connectivity index (χ4n) is 3.11. The molecular weight excluding hydrogens is 424 g/mol. The Labute approximate surface area is 182 Å². The molecule has 1 fully saturated rings. The van der Waals surface area contributed by atoms with Crippen LogP contribution >= 0.6 is 11.8 Å². The summed E-state index contributed by atoms with van der Waals surface area (Å²) in [4.78, 5) is 34.8. The lowest BCUT2D eigenvalue weighted by atomic mass is 10.2. The van der Waals surface area contributed by atoms with Crippen LogP contribution in [0.5, 0.6) is 5.88 Å². The molecule has 1 unspecified atom stereocenters. The van der Waals surface area contributed by atoms with Gasteiger partial charge >= 0.3 is 0 Å². The first-order valence-corrected chi connectivity index (χ1v) is 10.9. The van der Waals surface area contributed by atoms with Crippen molar-refractivity contribution in [2.24, 2.45) is 0 Å². The Kier molecular flexibility index (Phi) is 6.37. The number of hydrogen-bond acceptors (Lipinski definition) is 9. The molecule has 4 rings (SSSR count). The maximum atomic E-state index is 12.5. The highest BCUT2D eigenvalue weighted by Crippen LogP contribution is 2.18. The van der Waals surface area contributed by atoms with E-state index in [4.69, 9.17) is 13.9 Å². The number of hydrogen-bond donors (Lipinski definition) is 1. The summed E-state index contributed by atoms with van der Waals surface area (Å²) in [6.07, 6.45) is 2.98. The van der Waals surface area contributed by atoms with Gasteiger partial charge in [-0.15, -0.1) is 5.10 Å². The van der Waals surface area contributed by atoms with E-state index in [1.807, 2.05) is 13.2 Å². The van der Waals surface area contributed by atoms with Gasteiger partial charge in [-0.1, -0.05) is 11.8 Å². The number of aromatic nitrogens is 4. The van der Waals surface area contributed by atoms with Gasteiger partial charge in [0.25, 0.3) is 11.7 Å². The Morgan fingerprint density at radius 3 is 3.03 bits per heavy atom. The van der Waals surface area contributed by atoms with Gasteiger partial charge < -0.3 is 24.1 Å². The van der Waals surface area contributed by atoms with E-state index >= 15 is 0 Å². The van der Waals surface area contributed by atoms with E-state index in [2.05, 4.69) is 20.4 Å². The Morgan fingerprint density at radius 2 is 2.26 bits per heavy atom. The summed E-state index contributed by atoms with van der Waals surface area (Å²) in [5, 5.41) is 7.54. The zero-order valence-electron chi connectivity index (χ0n) is 17.1. The van der Waals surface area contributed by atoms with Crippen LogP contribution in [0.3, 0.4) is 0 Å². The minimum Gasteiger partial charge on any atom is -0.475 e. The Morgan fingerprint density at radius 1 is 1.39 bits per heavy atom. The number of carbonyl (C=O) groups excluding carboxylic acids is 2. The Hall–Kier alpha value is -3.12. The molecule has 0 aromatic carbocycles. The summed E-state index contributed by atoms with van der Waals surface area (Å²) >= 11 is 1.42. The number of morpholine rings is 1. The first-order chi connectivity index (χ1) is 15.0. The van der Waals surface area contributed by atoms with Crippen LogP contribution in [0.4, 0.5) is 0 Å². The number of carbonyl (C=O) groups is 2. The van der Waals surface area contributed by atoms with E-state index in [1.54, 1.807) is 21.5 Å². The first-order valence-electron chi connectivity index (χ1n) is 9.66. The molecule has 4 heterocycles. The van der Waals surface area contributed by atoms with Crippen LogP contribution in [-0.2, 0) is 9.53 Å². The number of ether oxygens (including phenoxy) is 2. The Balaban J connectivity index is 1.33. The van der Waals surface area contributed by atoms with Crippen LogP contribution in [0, 0.1) is 6.92 Å². The van der Waals surface area contributed by atoms with Gasteiger partial charge in [-0.3, -0.25) is 9.59 Å². The molecule has 2 amide bonds. The van der Waals surface area contributed by atoms with Crippen molar-refractivity contribution in [1.82, 2.24) is 29.8 Å². The fraction of sp³-hybridized carbons (Fsp3) is 0.421. The molecule has 0 saturated carbocycles. The molecule has 1 saturated heterocycles. The summed E-state index contributed by atoms with van der Waals surface area (Å²) in [7, 11) is 0. The SMILES string of the molecule is CSc1nc2nc(C)cc(OCC3CN(C(=O)CNC(=O)c4ccco4)CCO3)n2n1. The maximum Gasteiger partial charge on any atom is 0.287 e. The third kappa shape index (κ3) is 4.97. The van der Waals surface area contributed by atoms with Gasteiger partial charge in [-0.2, -0.15) is 9.50 Å². The average Bonchev–Trinajstić information content (AvgIpc) is 3.45. The van der Waals surface area contributed by atoms with Crippen molar-refractivity contribution in [3.63, 3.8) is 0 Å². The molecule has 0 aliphatic carbocycles. The number of fused-ring (bicyclic) bond motifs is 1. The third-order valence-corrected chi connectivity index (χ3v) is 5.16. The van der Waals surface area contributed by atoms with Gasteiger partial charge in [0.15, 0.2) is 5.76 Å². The molecule has 11 nitrogen and oxygen atoms in total. The predicted octanol–water partition coefficient (Wildman–Crippen LogP) is 0.784. The lowest BCUT2D eigenvalue weighted by Crippen LogP contribution is -2.50. The lowest BCUT2D eigenvalue weighted by molar-refractivity contribution is -0.138. The van der Waals surface area contributed by atoms with Crippen LogP contribution in [0.15, 0.2) is 34.0 Å². The molecule has 164 valence electrons. The summed E-state index contributed by atoms with van der Waals surface area (Å²) in [6.45, 7) is 3.16. The molecule has 1 aliphatic rings. The number of amides is 2. The molecule has 0 spiro atoms. The normalized spacial score (nSPS) is 16.5. The van der Waals surface area contributed by atoms with Crippen molar-refractivity contribution in [1.29, 1.82) is 0 Å². The zero-order valence-corrected chi connectivity index (χ0v) is 17.9. The number of aryl methyl sites for hydroxylation is 1. The number of nitrogens with one attached hydrogen (secondary N) is 1. The molecule has 0 radical (unpaired) electrons. The summed E-state index contributed by atoms with van der Waals surface area (Å²) in [6, 6.07) is 4.93. The summed E-state index contributed by atoms with van der Waals surface area (Å²) < 4.78 is 18.3. The minimum atomic E-state index is -0.430. The highest BCUT2D eigenvalue weighted by atomic mass is 32.2. The van der Waals surface area contributed by atoms with Crippen molar-refractivity contribution in [2.75, 3.05) is 39.1 Å². The molecule has 3 aromatic heterocycles. The van der Waals surface area contributed by atoms with Crippen molar-refractivity contribution < 1.29 is 23.5 Å². The quantitative estimate of drug-likeness (QED) is 0.524. The number of rotatable bonds is 7. The highest BCUT2D eigenvalue weighted by Gasteiger charge is 2.25. The second-order valence-corrected chi connectivity index (χ2v) is 7.62. The molecule has 1 atom stereocenters. The van der Waals surface area contributed by atoms with Crippen molar-refractivity contribution in [3.05, 3.63) is 35.9 Å². The van der Waals surface area contributed by atoms with Gasteiger partial charge in [0.1, 0.15) is 12.7 Å². The zero-order chi connectivity index (χ0) is 21.8. The van der Waals surface area contributed by atoms with Gasteiger partial charge in [-0.25, -0.2) is 4.98 Å². The van der Waals surface area contributed by atoms with E-state index in [0.717, 1.165) is 5.69 Å². The van der Waals surface area contributed by atoms with Gasteiger partial charge in [0, 0.05) is 18.3 Å². The van der Waals surface area contributed by atoms with Crippen molar-refractivity contribution in [2.45, 2.75) is 18.2 Å². The van der Waals surface area contributed by atoms with Crippen LogP contribution < -0.4 is 10.1 Å². The van der Waals surface area contributed by atoms with Crippen molar-refractivity contribution in [3.8, 4) is 5.88 Å². The van der Waals surface area contributed by atoms with E-state index in [0.29, 0.717) is 36.5 Å². The molecule has 12 heteroatoms. The smallest absolute Gasteiger partial charge is 0.287 e. The van der Waals surface area contributed by atoms with Gasteiger partial charge in [0.2, 0.25) is 16.9 Å². The fourth-order valence-corrected chi connectivity index (χ4v) is 3.45. The minimum absolute atomic E-state index is 0.117. The average molecular weight is 446 g/mol. The van der Waals surface area contributed by atoms with E-state index in [-0.39, 0.29) is 30.9 Å². The number of thioether (sulfide) groups is 1. The predicted molar refractivity (Wildman–Crippen MR) is 110 cm³/mol. The molecular formula is C19H22N6O5S. The molecule has 1 N–H and O–H groups in total. The first kappa shape index (κ1) is 21.1. The molecule has 3 aromatic rings. The number of nitrogens with zero attached hydrogens (tertiary/aromatic N) is 5. The lowest BCUT2D eigenvalue weighted by Gasteiger charge is -2.32. The maximum absolute atomic E-state index is 12.5. The summed E-state index contributed by atoms with van der Waals surface area (Å²) in [5.41, 5.74) is 0.760. The largest absolute Gasteiger partial charge is 0.475 e. The Bertz CT molecular complexity index is 1070. The van der Waals surface area contributed by atoms with E-state index in [9.17, 15) is 9.59 Å². The standard InChI is InChI=1S/C19H22N6O5S/c1-12-8-16(25-18(21-12)22-19(23-25)31-2)30-11-13-10-24(5-7-28-13)15(26)9-20-17(27)14-4-3-6-29-14/h3-4,6,8,13H,5,7,9-11H2,1-2H3,(H,20,27). The van der Waals surface area contributed by atoms with E-state index < -0.39 is 5.91 Å². The van der Waals surface area contributed by atoms with E-state index in [1.165, 1.54) is 24.1 Å². The van der Waals surface area contributed by atoms with Crippen LogP contribution in [0.2, 0.25) is 0 Å². The van der Waals surface area contributed by atoms with Gasteiger partial charge in [0.05, 0.1) is 26.0 Å². The number of furan rings is 1. The molecule has 0 bridgehead atoms. The third-order valence-electron chi connectivity index (χ3n) is 4.62. The van der Waals surface area contributed by atoms with Gasteiger partial charge in [-0.05, 0) is 25.3 Å². The second-order valence-electron chi connectivity index (χ2n) is 6.85. The summed E-state index contributed by atoms with van der Waals surface area (Å²) in [5.74, 6) is 0.510. The van der Waals surface area contributed by atoms with Crippen LogP contribution in [0.1, 0.15) is 16.2 Å². The molecule has 1 aliphatic heterocycles. The van der Waals surface area contributed by atoms with Crippen molar-refractivity contribution >= 4 is 29.4 Å². The van der Waals surface area contributed by atoms with Crippen LogP contribution in [-0.4, -0.2) is 81.5 Å².